The molecule has 9 nitrogen and oxygen atoms in total. The maximum atomic E-state index is 13.9. The summed E-state index contributed by atoms with van der Waals surface area (Å²) < 4.78 is 61.3. The molecule has 0 fully saturated rings. The summed E-state index contributed by atoms with van der Waals surface area (Å²) in [5, 5.41) is 4.45. The quantitative estimate of drug-likeness (QED) is 0.153. The Labute approximate surface area is 220 Å². The third kappa shape index (κ3) is 5.92. The van der Waals surface area contributed by atoms with E-state index in [4.69, 9.17) is 10.5 Å². The maximum Gasteiger partial charge on any atom is 0.387 e. The van der Waals surface area contributed by atoms with E-state index in [1.165, 1.54) is 36.4 Å². The number of nitrogens with zero attached hydrogens (tertiary/aromatic N) is 5. The van der Waals surface area contributed by atoms with Crippen molar-refractivity contribution in [3.63, 3.8) is 0 Å². The Balaban J connectivity index is 1.95. The van der Waals surface area contributed by atoms with Crippen molar-refractivity contribution in [2.24, 2.45) is 4.99 Å². The lowest BCUT2D eigenvalue weighted by molar-refractivity contribution is -0.0498. The summed E-state index contributed by atoms with van der Waals surface area (Å²) in [6.07, 6.45) is -2.73. The lowest BCUT2D eigenvalue weighted by atomic mass is 10.1. The molecular formula is C26H24F4N6O3. The van der Waals surface area contributed by atoms with Gasteiger partial charge in [-0.3, -0.25) is 9.79 Å². The molecule has 0 unspecified atom stereocenters. The minimum atomic E-state index is -3.02. The molecule has 13 heteroatoms. The number of halogens is 4. The summed E-state index contributed by atoms with van der Waals surface area (Å²) in [4.78, 5) is 24.2. The Morgan fingerprint density at radius 1 is 1.08 bits per heavy atom. The van der Waals surface area contributed by atoms with Gasteiger partial charge in [0.25, 0.3) is 12.0 Å². The van der Waals surface area contributed by atoms with Gasteiger partial charge in [-0.05, 0) is 42.0 Å². The maximum absolute atomic E-state index is 13.9. The van der Waals surface area contributed by atoms with Gasteiger partial charge in [0.15, 0.2) is 6.61 Å². The number of nitrogen functional groups attached to an aromatic ring is 1. The van der Waals surface area contributed by atoms with Crippen molar-refractivity contribution in [3.05, 3.63) is 70.5 Å². The highest BCUT2D eigenvalue weighted by molar-refractivity contribution is 6.03. The third-order valence-electron chi connectivity index (χ3n) is 5.58. The van der Waals surface area contributed by atoms with Crippen LogP contribution in [0.25, 0.3) is 27.8 Å². The molecule has 0 bridgehead atoms. The Kier molecular flexibility index (Phi) is 7.98. The van der Waals surface area contributed by atoms with E-state index in [2.05, 4.69) is 19.8 Å². The van der Waals surface area contributed by atoms with Crippen LogP contribution in [-0.4, -0.2) is 66.3 Å². The molecule has 0 aliphatic rings. The lowest BCUT2D eigenvalue weighted by Gasteiger charge is -2.18. The predicted molar refractivity (Wildman–Crippen MR) is 139 cm³/mol. The van der Waals surface area contributed by atoms with Gasteiger partial charge in [-0.15, -0.1) is 0 Å². The largest absolute Gasteiger partial charge is 0.472 e. The second kappa shape index (κ2) is 11.4. The smallest absolute Gasteiger partial charge is 0.387 e. The zero-order valence-electron chi connectivity index (χ0n) is 21.1. The number of hydrogen-bond acceptors (Lipinski definition) is 7. The van der Waals surface area contributed by atoms with Crippen molar-refractivity contribution in [3.8, 4) is 28.4 Å². The van der Waals surface area contributed by atoms with E-state index < -0.39 is 25.2 Å². The standard InChI is InChI=1S/C26H24F4N6O3/c1-32-24(35(2)3)17-12-15(6-9-18(17)31)36-25(37)22(14-4-7-16(8-5-14)39-26(29)30)23-19(34-36)10-11-21(33-23)38-13-20(27)28/h4-12,20,26H,13,31H2,1-3H3. The number of amidine groups is 1. The molecule has 0 saturated heterocycles. The Hall–Kier alpha value is -4.68. The van der Waals surface area contributed by atoms with E-state index in [0.29, 0.717) is 28.3 Å². The Morgan fingerprint density at radius 3 is 2.41 bits per heavy atom. The van der Waals surface area contributed by atoms with Gasteiger partial charge in [0, 0.05) is 38.5 Å². The zero-order chi connectivity index (χ0) is 28.3. The van der Waals surface area contributed by atoms with Crippen LogP contribution < -0.4 is 20.8 Å². The average Bonchev–Trinajstić information content (AvgIpc) is 2.89. The molecular weight excluding hydrogens is 520 g/mol. The molecule has 2 aromatic heterocycles. The molecule has 0 radical (unpaired) electrons. The number of fused-ring (bicyclic) bond motifs is 1. The van der Waals surface area contributed by atoms with Crippen LogP contribution in [0.2, 0.25) is 0 Å². The molecule has 0 spiro atoms. The van der Waals surface area contributed by atoms with Gasteiger partial charge in [0.05, 0.1) is 11.3 Å². The molecule has 2 N–H and O–H groups in total. The average molecular weight is 545 g/mol. The first-order chi connectivity index (χ1) is 18.6. The summed E-state index contributed by atoms with van der Waals surface area (Å²) in [6.45, 7) is -3.91. The van der Waals surface area contributed by atoms with E-state index in [1.807, 2.05) is 0 Å². The fourth-order valence-electron chi connectivity index (χ4n) is 3.96. The van der Waals surface area contributed by atoms with Gasteiger partial charge in [-0.25, -0.2) is 13.8 Å². The first-order valence-electron chi connectivity index (χ1n) is 11.5. The van der Waals surface area contributed by atoms with Crippen LogP contribution in [0.4, 0.5) is 23.2 Å². The fourth-order valence-corrected chi connectivity index (χ4v) is 3.96. The van der Waals surface area contributed by atoms with Crippen LogP contribution in [0.3, 0.4) is 0 Å². The van der Waals surface area contributed by atoms with E-state index in [1.54, 1.807) is 44.2 Å². The molecule has 0 saturated carbocycles. The van der Waals surface area contributed by atoms with Crippen LogP contribution in [0.15, 0.2) is 64.4 Å². The second-order valence-electron chi connectivity index (χ2n) is 8.43. The third-order valence-corrected chi connectivity index (χ3v) is 5.58. The minimum Gasteiger partial charge on any atom is -0.472 e. The van der Waals surface area contributed by atoms with Crippen LogP contribution in [-0.2, 0) is 0 Å². The summed E-state index contributed by atoms with van der Waals surface area (Å²) in [6, 6.07) is 13.1. The number of anilines is 1. The van der Waals surface area contributed by atoms with E-state index in [0.717, 1.165) is 4.68 Å². The van der Waals surface area contributed by atoms with Gasteiger partial charge < -0.3 is 20.1 Å². The second-order valence-corrected chi connectivity index (χ2v) is 8.43. The number of rotatable bonds is 8. The van der Waals surface area contributed by atoms with Crippen LogP contribution in [0.5, 0.6) is 11.6 Å². The van der Waals surface area contributed by atoms with Gasteiger partial charge in [-0.1, -0.05) is 12.1 Å². The van der Waals surface area contributed by atoms with E-state index in [-0.39, 0.29) is 28.2 Å². The van der Waals surface area contributed by atoms with Crippen molar-refractivity contribution in [2.45, 2.75) is 13.0 Å². The molecule has 204 valence electrons. The van der Waals surface area contributed by atoms with Crippen LogP contribution in [0.1, 0.15) is 5.56 Å². The first kappa shape index (κ1) is 27.4. The van der Waals surface area contributed by atoms with Gasteiger partial charge >= 0.3 is 6.61 Å². The highest BCUT2D eigenvalue weighted by atomic mass is 19.3. The van der Waals surface area contributed by atoms with Gasteiger partial charge in [-0.2, -0.15) is 18.6 Å². The molecule has 0 atom stereocenters. The normalized spacial score (nSPS) is 11.9. The number of alkyl halides is 4. The van der Waals surface area contributed by atoms with Crippen LogP contribution >= 0.6 is 0 Å². The highest BCUT2D eigenvalue weighted by Crippen LogP contribution is 2.28. The monoisotopic (exact) mass is 544 g/mol. The number of ether oxygens (including phenoxy) is 2. The first-order valence-corrected chi connectivity index (χ1v) is 11.5. The van der Waals surface area contributed by atoms with Crippen molar-refractivity contribution in [2.75, 3.05) is 33.5 Å². The van der Waals surface area contributed by atoms with Crippen molar-refractivity contribution in [1.29, 1.82) is 0 Å². The van der Waals surface area contributed by atoms with Crippen molar-refractivity contribution >= 4 is 22.6 Å². The molecule has 2 aromatic carbocycles. The number of pyridine rings is 1. The summed E-state index contributed by atoms with van der Waals surface area (Å²) in [5.41, 5.74) is 7.61. The summed E-state index contributed by atoms with van der Waals surface area (Å²) in [5.74, 6) is 0.324. The molecule has 4 rings (SSSR count). The zero-order valence-corrected chi connectivity index (χ0v) is 21.1. The molecule has 0 aliphatic heterocycles. The molecule has 4 aromatic rings. The summed E-state index contributed by atoms with van der Waals surface area (Å²) >= 11 is 0. The van der Waals surface area contributed by atoms with Gasteiger partial charge in [0.1, 0.15) is 22.6 Å². The molecule has 2 heterocycles. The lowest BCUT2D eigenvalue weighted by Crippen LogP contribution is -2.26. The Bertz CT molecular complexity index is 1570. The molecule has 0 amide bonds. The highest BCUT2D eigenvalue weighted by Gasteiger charge is 2.19. The Morgan fingerprint density at radius 2 is 1.79 bits per heavy atom. The molecule has 0 aliphatic carbocycles. The van der Waals surface area contributed by atoms with Crippen molar-refractivity contribution < 1.29 is 27.0 Å². The van der Waals surface area contributed by atoms with Crippen LogP contribution in [0, 0.1) is 0 Å². The predicted octanol–water partition coefficient (Wildman–Crippen LogP) is 4.21. The SMILES string of the molecule is CN=C(c1cc(-n2nc3ccc(OCC(F)F)nc3c(-c3ccc(OC(F)F)cc3)c2=O)ccc1N)N(C)C. The van der Waals surface area contributed by atoms with Gasteiger partial charge in [0.2, 0.25) is 5.88 Å². The topological polar surface area (TPSA) is 108 Å². The fraction of sp³-hybridized carbons (Fsp3) is 0.231. The van der Waals surface area contributed by atoms with E-state index >= 15 is 0 Å². The van der Waals surface area contributed by atoms with Crippen molar-refractivity contribution in [1.82, 2.24) is 19.7 Å². The number of nitrogens with two attached hydrogens (primary N) is 1. The molecule has 39 heavy (non-hydrogen) atoms. The number of aliphatic imine (C=N–C) groups is 1. The minimum absolute atomic E-state index is 0.0430. The number of hydrogen-bond donors (Lipinski definition) is 1. The summed E-state index contributed by atoms with van der Waals surface area (Å²) in [7, 11) is 5.21. The van der Waals surface area contributed by atoms with E-state index in [9.17, 15) is 22.4 Å². The number of benzene rings is 2. The number of aromatic nitrogens is 3.